The van der Waals surface area contributed by atoms with Crippen molar-refractivity contribution < 1.29 is 9.90 Å². The molecule has 0 aliphatic rings. The van der Waals surface area contributed by atoms with Crippen LogP contribution in [0.2, 0.25) is 0 Å². The predicted molar refractivity (Wildman–Crippen MR) is 46.1 cm³/mol. The molecule has 4 heteroatoms. The lowest BCUT2D eigenvalue weighted by Gasteiger charge is -2.06. The number of nitrogens with one attached hydrogen (secondary N) is 2. The quantitative estimate of drug-likeness (QED) is 0.631. The van der Waals surface area contributed by atoms with Gasteiger partial charge < -0.3 is 15.4 Å². The molecule has 0 saturated heterocycles. The second-order valence-corrected chi connectivity index (χ2v) is 2.70. The third kappa shape index (κ3) is 2.30. The van der Waals surface area contributed by atoms with Crippen molar-refractivity contribution in [2.75, 3.05) is 11.9 Å². The zero-order valence-corrected chi connectivity index (χ0v) is 6.87. The third-order valence-corrected chi connectivity index (χ3v) is 1.62. The third-order valence-electron chi connectivity index (χ3n) is 1.62. The molecule has 0 aliphatic carbocycles. The molecular formula is C8H12N2O2. The number of carboxylic acid groups (broad SMARTS) is 1. The number of hydrogen-bond donors (Lipinski definition) is 3. The maximum Gasteiger partial charge on any atom is 0.308 e. The molecule has 66 valence electrons. The van der Waals surface area contributed by atoms with Gasteiger partial charge in [-0.2, -0.15) is 0 Å². The Hall–Kier alpha value is -1.45. The van der Waals surface area contributed by atoms with Gasteiger partial charge in [-0.05, 0) is 12.1 Å². The van der Waals surface area contributed by atoms with E-state index in [4.69, 9.17) is 5.11 Å². The highest BCUT2D eigenvalue weighted by atomic mass is 16.4. The Labute approximate surface area is 70.6 Å². The molecule has 1 heterocycles. The Morgan fingerprint density at radius 3 is 3.08 bits per heavy atom. The predicted octanol–water partition coefficient (Wildman–Crippen LogP) is 1.15. The molecule has 1 atom stereocenters. The van der Waals surface area contributed by atoms with Crippen molar-refractivity contribution >= 4 is 11.8 Å². The van der Waals surface area contributed by atoms with Crippen molar-refractivity contribution in [2.45, 2.75) is 6.92 Å². The fraction of sp³-hybridized carbons (Fsp3) is 0.375. The van der Waals surface area contributed by atoms with Crippen LogP contribution in [0.25, 0.3) is 0 Å². The summed E-state index contributed by atoms with van der Waals surface area (Å²) in [6.45, 7) is 2.11. The van der Waals surface area contributed by atoms with E-state index in [-0.39, 0.29) is 5.92 Å². The van der Waals surface area contributed by atoms with Crippen molar-refractivity contribution in [2.24, 2.45) is 5.92 Å². The number of anilines is 1. The summed E-state index contributed by atoms with van der Waals surface area (Å²) in [4.78, 5) is 13.3. The zero-order chi connectivity index (χ0) is 8.97. The molecule has 1 aromatic rings. The minimum atomic E-state index is -0.783. The first-order chi connectivity index (χ1) is 5.70. The molecular weight excluding hydrogens is 156 g/mol. The Morgan fingerprint density at radius 2 is 2.58 bits per heavy atom. The van der Waals surface area contributed by atoms with Gasteiger partial charge in [0.15, 0.2) is 0 Å². The van der Waals surface area contributed by atoms with Crippen LogP contribution in [0.15, 0.2) is 18.3 Å². The van der Waals surface area contributed by atoms with Gasteiger partial charge in [-0.25, -0.2) is 0 Å². The first kappa shape index (κ1) is 8.64. The maximum atomic E-state index is 10.4. The molecule has 0 spiro atoms. The average molecular weight is 168 g/mol. The molecule has 0 aromatic carbocycles. The Balaban J connectivity index is 2.31. The molecule has 1 aromatic heterocycles. The van der Waals surface area contributed by atoms with E-state index in [2.05, 4.69) is 10.3 Å². The van der Waals surface area contributed by atoms with Crippen LogP contribution in [0.1, 0.15) is 6.92 Å². The summed E-state index contributed by atoms with van der Waals surface area (Å²) in [5.74, 6) is -0.301. The number of aliphatic carboxylic acids is 1. The van der Waals surface area contributed by atoms with Gasteiger partial charge >= 0.3 is 5.97 Å². The van der Waals surface area contributed by atoms with E-state index >= 15 is 0 Å². The van der Waals surface area contributed by atoms with Crippen LogP contribution in [0, 0.1) is 5.92 Å². The van der Waals surface area contributed by atoms with E-state index in [9.17, 15) is 4.79 Å². The number of carbonyl (C=O) groups is 1. The van der Waals surface area contributed by atoms with Crippen molar-refractivity contribution in [3.05, 3.63) is 18.3 Å². The van der Waals surface area contributed by atoms with Gasteiger partial charge in [-0.1, -0.05) is 6.92 Å². The highest BCUT2D eigenvalue weighted by molar-refractivity contribution is 5.70. The van der Waals surface area contributed by atoms with Crippen LogP contribution in [0.4, 0.5) is 5.82 Å². The summed E-state index contributed by atoms with van der Waals surface area (Å²) >= 11 is 0. The minimum Gasteiger partial charge on any atom is -0.481 e. The molecule has 1 unspecified atom stereocenters. The number of carboxylic acids is 1. The minimum absolute atomic E-state index is 0.367. The number of hydrogen-bond acceptors (Lipinski definition) is 2. The van der Waals surface area contributed by atoms with Crippen LogP contribution in [0.5, 0.6) is 0 Å². The highest BCUT2D eigenvalue weighted by Crippen LogP contribution is 2.02. The van der Waals surface area contributed by atoms with E-state index < -0.39 is 5.97 Å². The van der Waals surface area contributed by atoms with E-state index in [0.29, 0.717) is 6.54 Å². The molecule has 0 radical (unpaired) electrons. The second kappa shape index (κ2) is 3.80. The maximum absolute atomic E-state index is 10.4. The molecule has 3 N–H and O–H groups in total. The average Bonchev–Trinajstić information content (AvgIpc) is 2.51. The van der Waals surface area contributed by atoms with E-state index in [1.54, 1.807) is 13.1 Å². The monoisotopic (exact) mass is 168 g/mol. The van der Waals surface area contributed by atoms with Crippen molar-refractivity contribution in [1.82, 2.24) is 4.98 Å². The fourth-order valence-corrected chi connectivity index (χ4v) is 0.791. The van der Waals surface area contributed by atoms with Gasteiger partial charge in [0.25, 0.3) is 0 Å². The molecule has 0 aliphatic heterocycles. The Morgan fingerprint density at radius 1 is 1.83 bits per heavy atom. The molecule has 12 heavy (non-hydrogen) atoms. The molecule has 0 fully saturated rings. The normalized spacial score (nSPS) is 12.4. The topological polar surface area (TPSA) is 65.1 Å². The van der Waals surface area contributed by atoms with Crippen molar-refractivity contribution in [1.29, 1.82) is 0 Å². The first-order valence-corrected chi connectivity index (χ1v) is 3.80. The summed E-state index contributed by atoms with van der Waals surface area (Å²) in [6.07, 6.45) is 1.79. The van der Waals surface area contributed by atoms with Gasteiger partial charge in [-0.15, -0.1) is 0 Å². The fourth-order valence-electron chi connectivity index (χ4n) is 0.791. The summed E-state index contributed by atoms with van der Waals surface area (Å²) in [6, 6.07) is 3.71. The van der Waals surface area contributed by atoms with Crippen molar-refractivity contribution in [3.8, 4) is 0 Å². The van der Waals surface area contributed by atoms with Crippen LogP contribution < -0.4 is 5.32 Å². The van der Waals surface area contributed by atoms with Crippen molar-refractivity contribution in [3.63, 3.8) is 0 Å². The lowest BCUT2D eigenvalue weighted by molar-refractivity contribution is -0.140. The molecule has 0 bridgehead atoms. The van der Waals surface area contributed by atoms with Gasteiger partial charge in [0, 0.05) is 12.7 Å². The zero-order valence-electron chi connectivity index (χ0n) is 6.87. The molecule has 1 rings (SSSR count). The first-order valence-electron chi connectivity index (χ1n) is 3.80. The van der Waals surface area contributed by atoms with Crippen LogP contribution in [-0.2, 0) is 4.79 Å². The lowest BCUT2D eigenvalue weighted by atomic mass is 10.2. The smallest absolute Gasteiger partial charge is 0.308 e. The second-order valence-electron chi connectivity index (χ2n) is 2.70. The summed E-state index contributed by atoms with van der Waals surface area (Å²) in [5, 5.41) is 11.5. The standard InChI is InChI=1S/C8H12N2O2/c1-6(8(11)12)5-10-7-3-2-4-9-7/h2-4,6,9-10H,5H2,1H3,(H,11,12). The van der Waals surface area contributed by atoms with E-state index in [1.165, 1.54) is 0 Å². The Bertz CT molecular complexity index is 244. The number of aromatic amines is 1. The Kier molecular flexibility index (Phi) is 2.74. The summed E-state index contributed by atoms with van der Waals surface area (Å²) in [7, 11) is 0. The van der Waals surface area contributed by atoms with Gasteiger partial charge in [0.1, 0.15) is 5.82 Å². The van der Waals surface area contributed by atoms with Crippen LogP contribution in [0.3, 0.4) is 0 Å². The molecule has 0 saturated carbocycles. The summed E-state index contributed by atoms with van der Waals surface area (Å²) < 4.78 is 0. The molecule has 4 nitrogen and oxygen atoms in total. The van der Waals surface area contributed by atoms with Crippen LogP contribution in [-0.4, -0.2) is 22.6 Å². The lowest BCUT2D eigenvalue weighted by Crippen LogP contribution is -2.19. The number of aromatic nitrogens is 1. The highest BCUT2D eigenvalue weighted by Gasteiger charge is 2.09. The SMILES string of the molecule is CC(CNc1ccc[nH]1)C(=O)O. The van der Waals surface area contributed by atoms with Crippen LogP contribution >= 0.6 is 0 Å². The summed E-state index contributed by atoms with van der Waals surface area (Å²) in [5.41, 5.74) is 0. The molecule has 0 amide bonds. The number of rotatable bonds is 4. The van der Waals surface area contributed by atoms with E-state index in [1.807, 2.05) is 12.1 Å². The van der Waals surface area contributed by atoms with Gasteiger partial charge in [0.2, 0.25) is 0 Å². The van der Waals surface area contributed by atoms with Gasteiger partial charge in [-0.3, -0.25) is 4.79 Å². The number of H-pyrrole nitrogens is 1. The van der Waals surface area contributed by atoms with Gasteiger partial charge in [0.05, 0.1) is 5.92 Å². The largest absolute Gasteiger partial charge is 0.481 e. The van der Waals surface area contributed by atoms with E-state index in [0.717, 1.165) is 5.82 Å².